The zero-order valence-electron chi connectivity index (χ0n) is 9.00. The monoisotopic (exact) mass is 254 g/mol. The summed E-state index contributed by atoms with van der Waals surface area (Å²) in [5.41, 5.74) is 1.70. The highest BCUT2D eigenvalue weighted by Crippen LogP contribution is 2.21. The number of rotatable bonds is 1. The van der Waals surface area contributed by atoms with E-state index in [0.717, 1.165) is 10.2 Å². The molecule has 0 aliphatic carbocycles. The molecule has 0 heterocycles. The summed E-state index contributed by atoms with van der Waals surface area (Å²) in [5.74, 6) is 0. The molecule has 0 aromatic heterocycles. The summed E-state index contributed by atoms with van der Waals surface area (Å²) in [5, 5.41) is 8.73. The first-order valence-corrected chi connectivity index (χ1v) is 5.31. The molecule has 1 aromatic carbocycles. The van der Waals surface area contributed by atoms with E-state index >= 15 is 0 Å². The predicted molar refractivity (Wildman–Crippen MR) is 64.5 cm³/mol. The summed E-state index contributed by atoms with van der Waals surface area (Å²) in [7, 11) is 3.90. The first kappa shape index (κ1) is 13.0. The number of hydrogen-bond donors (Lipinski definition) is 0. The highest BCUT2D eigenvalue weighted by Gasteiger charge is 2.00. The molecule has 2 nitrogen and oxygen atoms in total. The molecule has 0 saturated heterocycles. The third-order valence-electron chi connectivity index (χ3n) is 1.59. The van der Waals surface area contributed by atoms with Crippen LogP contribution in [0.5, 0.6) is 0 Å². The molecule has 0 saturated carbocycles. The van der Waals surface area contributed by atoms with Crippen molar-refractivity contribution in [3.05, 3.63) is 28.2 Å². The maximum absolute atomic E-state index is 8.73. The minimum Gasteiger partial charge on any atom is -0.378 e. The van der Waals surface area contributed by atoms with Crippen molar-refractivity contribution in [2.75, 3.05) is 19.0 Å². The van der Waals surface area contributed by atoms with Gasteiger partial charge >= 0.3 is 0 Å². The lowest BCUT2D eigenvalue weighted by Crippen LogP contribution is -2.08. The van der Waals surface area contributed by atoms with Crippen molar-refractivity contribution in [2.24, 2.45) is 0 Å². The first-order chi connectivity index (χ1) is 6.65. The lowest BCUT2D eigenvalue weighted by atomic mass is 10.2. The van der Waals surface area contributed by atoms with Gasteiger partial charge in [-0.1, -0.05) is 13.8 Å². The van der Waals surface area contributed by atoms with E-state index in [4.69, 9.17) is 5.26 Å². The Bertz CT molecular complexity index is 327. The quantitative estimate of drug-likeness (QED) is 0.768. The number of hydrogen-bond acceptors (Lipinski definition) is 2. The molecular formula is C11H15BrN2. The Balaban J connectivity index is 0.000000791. The lowest BCUT2D eigenvalue weighted by Gasteiger charge is -2.12. The maximum atomic E-state index is 8.73. The second kappa shape index (κ2) is 6.44. The van der Waals surface area contributed by atoms with Crippen molar-refractivity contribution >= 4 is 21.6 Å². The summed E-state index contributed by atoms with van der Waals surface area (Å²) in [6, 6.07) is 7.81. The van der Waals surface area contributed by atoms with E-state index in [-0.39, 0.29) is 0 Å². The van der Waals surface area contributed by atoms with E-state index in [1.807, 2.05) is 51.0 Å². The third-order valence-corrected chi connectivity index (χ3v) is 2.28. The summed E-state index contributed by atoms with van der Waals surface area (Å²) in [4.78, 5) is 1.97. The summed E-state index contributed by atoms with van der Waals surface area (Å²) in [6.07, 6.45) is 0. The normalized spacial score (nSPS) is 8.29. The van der Waals surface area contributed by atoms with Crippen molar-refractivity contribution in [1.29, 1.82) is 5.26 Å². The fourth-order valence-corrected chi connectivity index (χ4v) is 1.21. The first-order valence-electron chi connectivity index (χ1n) is 4.52. The van der Waals surface area contributed by atoms with Crippen molar-refractivity contribution in [2.45, 2.75) is 13.8 Å². The van der Waals surface area contributed by atoms with Crippen LogP contribution in [0.25, 0.3) is 0 Å². The van der Waals surface area contributed by atoms with Gasteiger partial charge in [-0.15, -0.1) is 0 Å². The summed E-state index contributed by atoms with van der Waals surface area (Å²) in [6.45, 7) is 4.00. The van der Waals surface area contributed by atoms with Crippen LogP contribution in [-0.2, 0) is 0 Å². The Morgan fingerprint density at radius 1 is 1.29 bits per heavy atom. The Kier molecular flexibility index (Phi) is 5.98. The van der Waals surface area contributed by atoms with Crippen molar-refractivity contribution in [3.63, 3.8) is 0 Å². The van der Waals surface area contributed by atoms with Gasteiger partial charge in [0.05, 0.1) is 5.56 Å². The molecule has 1 rings (SSSR count). The van der Waals surface area contributed by atoms with Gasteiger partial charge in [0.25, 0.3) is 0 Å². The van der Waals surface area contributed by atoms with Crippen LogP contribution in [0.15, 0.2) is 22.7 Å². The van der Waals surface area contributed by atoms with Gasteiger partial charge in [-0.2, -0.15) is 5.26 Å². The predicted octanol–water partition coefficient (Wildman–Crippen LogP) is 3.41. The fraction of sp³-hybridized carbons (Fsp3) is 0.364. The van der Waals surface area contributed by atoms with Gasteiger partial charge in [0.15, 0.2) is 0 Å². The SMILES string of the molecule is CC.CN(C)c1ccc(Br)c(C#N)c1. The molecule has 0 fully saturated rings. The molecule has 0 bridgehead atoms. The van der Waals surface area contributed by atoms with Crippen LogP contribution in [0, 0.1) is 11.3 Å². The molecule has 0 N–H and O–H groups in total. The second-order valence-electron chi connectivity index (χ2n) is 2.67. The van der Waals surface area contributed by atoms with Crippen molar-refractivity contribution < 1.29 is 0 Å². The molecule has 0 spiro atoms. The molecule has 0 aliphatic heterocycles. The van der Waals surface area contributed by atoms with E-state index in [2.05, 4.69) is 22.0 Å². The zero-order valence-corrected chi connectivity index (χ0v) is 10.6. The molecule has 0 amide bonds. The molecule has 0 aliphatic rings. The van der Waals surface area contributed by atoms with Gasteiger partial charge in [0.1, 0.15) is 6.07 Å². The van der Waals surface area contributed by atoms with Gasteiger partial charge in [-0.05, 0) is 34.1 Å². The minimum absolute atomic E-state index is 0.668. The number of anilines is 1. The topological polar surface area (TPSA) is 27.0 Å². The number of nitrogens with zero attached hydrogens (tertiary/aromatic N) is 2. The Morgan fingerprint density at radius 2 is 1.86 bits per heavy atom. The fourth-order valence-electron chi connectivity index (χ4n) is 0.877. The van der Waals surface area contributed by atoms with E-state index in [0.29, 0.717) is 5.56 Å². The molecule has 0 unspecified atom stereocenters. The Morgan fingerprint density at radius 3 is 2.29 bits per heavy atom. The van der Waals surface area contributed by atoms with Gasteiger partial charge in [-0.3, -0.25) is 0 Å². The van der Waals surface area contributed by atoms with Gasteiger partial charge < -0.3 is 4.90 Å². The average Bonchev–Trinajstić information content (AvgIpc) is 2.21. The average molecular weight is 255 g/mol. The number of nitriles is 1. The number of halogens is 1. The molecule has 3 heteroatoms. The summed E-state index contributed by atoms with van der Waals surface area (Å²) >= 11 is 3.30. The Hall–Kier alpha value is -1.01. The van der Waals surface area contributed by atoms with Crippen LogP contribution in [-0.4, -0.2) is 14.1 Å². The van der Waals surface area contributed by atoms with Crippen molar-refractivity contribution in [1.82, 2.24) is 0 Å². The molecule has 76 valence electrons. The van der Waals surface area contributed by atoms with Crippen LogP contribution in [0.1, 0.15) is 19.4 Å². The molecule has 14 heavy (non-hydrogen) atoms. The third kappa shape index (κ3) is 3.39. The van der Waals surface area contributed by atoms with Crippen LogP contribution in [0.4, 0.5) is 5.69 Å². The largest absolute Gasteiger partial charge is 0.378 e. The Labute approximate surface area is 94.3 Å². The van der Waals surface area contributed by atoms with Crippen LogP contribution >= 0.6 is 15.9 Å². The maximum Gasteiger partial charge on any atom is 0.100 e. The second-order valence-corrected chi connectivity index (χ2v) is 3.52. The number of benzene rings is 1. The summed E-state index contributed by atoms with van der Waals surface area (Å²) < 4.78 is 0.843. The smallest absolute Gasteiger partial charge is 0.100 e. The lowest BCUT2D eigenvalue weighted by molar-refractivity contribution is 1.13. The molecular weight excluding hydrogens is 240 g/mol. The van der Waals surface area contributed by atoms with Gasteiger partial charge in [0, 0.05) is 24.3 Å². The zero-order chi connectivity index (χ0) is 11.1. The van der Waals surface area contributed by atoms with Gasteiger partial charge in [0.2, 0.25) is 0 Å². The van der Waals surface area contributed by atoms with Crippen LogP contribution in [0.3, 0.4) is 0 Å². The highest BCUT2D eigenvalue weighted by molar-refractivity contribution is 9.10. The molecule has 0 atom stereocenters. The van der Waals surface area contributed by atoms with Gasteiger partial charge in [-0.25, -0.2) is 0 Å². The molecule has 0 radical (unpaired) electrons. The highest BCUT2D eigenvalue weighted by atomic mass is 79.9. The van der Waals surface area contributed by atoms with E-state index < -0.39 is 0 Å². The van der Waals surface area contributed by atoms with Crippen molar-refractivity contribution in [3.8, 4) is 6.07 Å². The van der Waals surface area contributed by atoms with E-state index in [9.17, 15) is 0 Å². The standard InChI is InChI=1S/C9H9BrN2.C2H6/c1-12(2)8-3-4-9(10)7(5-8)6-11;1-2/h3-5H,1-2H3;1-2H3. The van der Waals surface area contributed by atoms with Crippen LogP contribution in [0.2, 0.25) is 0 Å². The minimum atomic E-state index is 0.668. The van der Waals surface area contributed by atoms with E-state index in [1.165, 1.54) is 0 Å². The molecule has 1 aromatic rings. The van der Waals surface area contributed by atoms with Crippen LogP contribution < -0.4 is 4.90 Å². The van der Waals surface area contributed by atoms with E-state index in [1.54, 1.807) is 0 Å².